The van der Waals surface area contributed by atoms with Crippen LogP contribution in [-0.4, -0.2) is 9.97 Å². The van der Waals surface area contributed by atoms with Crippen LogP contribution in [0.15, 0.2) is 66.7 Å². The van der Waals surface area contributed by atoms with Crippen molar-refractivity contribution in [3.63, 3.8) is 0 Å². The molecule has 0 spiro atoms. The summed E-state index contributed by atoms with van der Waals surface area (Å²) in [6, 6.07) is 22.4. The molecule has 0 aliphatic heterocycles. The number of anilines is 1. The summed E-state index contributed by atoms with van der Waals surface area (Å²) in [5.74, 6) is 0.856. The van der Waals surface area contributed by atoms with Crippen LogP contribution in [0.5, 0.6) is 0 Å². The van der Waals surface area contributed by atoms with Gasteiger partial charge in [-0.15, -0.1) is 0 Å². The molecule has 0 aliphatic carbocycles. The first-order valence-corrected chi connectivity index (χ1v) is 9.02. The van der Waals surface area contributed by atoms with Crippen LogP contribution in [-0.2, 0) is 0 Å². The quantitative estimate of drug-likeness (QED) is 0.465. The zero-order valence-corrected chi connectivity index (χ0v) is 15.5. The number of rotatable bonds is 4. The minimum Gasteiger partial charge on any atom is -0.359 e. The zero-order chi connectivity index (χ0) is 18.1. The Morgan fingerprint density at radius 2 is 1.69 bits per heavy atom. The lowest BCUT2D eigenvalue weighted by molar-refractivity contribution is 0.918. The number of hydrogen-bond donors (Lipinski definition) is 2. The van der Waals surface area contributed by atoms with Gasteiger partial charge in [0.2, 0.25) is 0 Å². The highest BCUT2D eigenvalue weighted by atomic mass is 35.5. The van der Waals surface area contributed by atoms with Crippen molar-refractivity contribution in [3.8, 4) is 0 Å². The number of benzene rings is 2. The monoisotopic (exact) mass is 361 g/mol. The van der Waals surface area contributed by atoms with Crippen LogP contribution >= 0.6 is 11.6 Å². The molecule has 4 heteroatoms. The first kappa shape index (κ1) is 16.7. The van der Waals surface area contributed by atoms with E-state index in [4.69, 9.17) is 11.6 Å². The summed E-state index contributed by atoms with van der Waals surface area (Å²) in [6.07, 6.45) is 0. The summed E-state index contributed by atoms with van der Waals surface area (Å²) in [6.45, 7) is 4.11. The van der Waals surface area contributed by atoms with Crippen molar-refractivity contribution in [2.45, 2.75) is 19.9 Å². The molecule has 0 saturated carbocycles. The van der Waals surface area contributed by atoms with Gasteiger partial charge in [0.15, 0.2) is 0 Å². The van der Waals surface area contributed by atoms with E-state index < -0.39 is 0 Å². The van der Waals surface area contributed by atoms with Gasteiger partial charge in [-0.25, -0.2) is 4.98 Å². The van der Waals surface area contributed by atoms with Crippen LogP contribution in [0.4, 0.5) is 5.82 Å². The van der Waals surface area contributed by atoms with Crippen molar-refractivity contribution in [2.75, 3.05) is 5.32 Å². The largest absolute Gasteiger partial charge is 0.359 e. The van der Waals surface area contributed by atoms with Crippen LogP contribution < -0.4 is 5.32 Å². The average Bonchev–Trinajstić information content (AvgIpc) is 2.96. The van der Waals surface area contributed by atoms with Crippen molar-refractivity contribution in [1.29, 1.82) is 0 Å². The van der Waals surface area contributed by atoms with Crippen LogP contribution in [0.1, 0.15) is 28.6 Å². The molecule has 2 aromatic carbocycles. The molecule has 0 fully saturated rings. The highest BCUT2D eigenvalue weighted by molar-refractivity contribution is 6.30. The van der Waals surface area contributed by atoms with Gasteiger partial charge in [0.05, 0.1) is 6.04 Å². The Balaban J connectivity index is 1.87. The smallest absolute Gasteiger partial charge is 0.126 e. The molecule has 0 radical (unpaired) electrons. The lowest BCUT2D eigenvalue weighted by atomic mass is 9.96. The normalized spacial score (nSPS) is 12.3. The van der Waals surface area contributed by atoms with Crippen molar-refractivity contribution in [2.24, 2.45) is 0 Å². The first-order chi connectivity index (χ1) is 12.6. The molecule has 0 aliphatic rings. The van der Waals surface area contributed by atoms with E-state index in [2.05, 4.69) is 58.6 Å². The molecule has 2 heterocycles. The predicted octanol–water partition coefficient (Wildman–Crippen LogP) is 6.03. The van der Waals surface area contributed by atoms with Crippen molar-refractivity contribution >= 4 is 28.3 Å². The van der Waals surface area contributed by atoms with Crippen molar-refractivity contribution < 1.29 is 0 Å². The van der Waals surface area contributed by atoms with Gasteiger partial charge in [-0.1, -0.05) is 48.0 Å². The number of aromatic amines is 1. The molecule has 3 nitrogen and oxygen atoms in total. The number of hydrogen-bond acceptors (Lipinski definition) is 2. The summed E-state index contributed by atoms with van der Waals surface area (Å²) >= 11 is 6.11. The number of H-pyrrole nitrogens is 1. The standard InChI is InChI=1S/C22H20ClN3/c1-14-6-5-9-20(24-14)26-22(16-10-12-17(23)13-11-16)21-15(2)25-19-8-4-3-7-18(19)21/h3-13,22,25H,1-2H3,(H,24,26)/t22-/m1/s1. The Labute approximate surface area is 158 Å². The number of nitrogens with zero attached hydrogens (tertiary/aromatic N) is 1. The molecule has 0 amide bonds. The third-order valence-corrected chi connectivity index (χ3v) is 4.87. The Morgan fingerprint density at radius 1 is 0.923 bits per heavy atom. The molecule has 0 unspecified atom stereocenters. The van der Waals surface area contributed by atoms with Gasteiger partial charge in [-0.3, -0.25) is 0 Å². The molecule has 4 aromatic rings. The number of para-hydroxylation sites is 1. The number of aryl methyl sites for hydroxylation is 2. The highest BCUT2D eigenvalue weighted by Gasteiger charge is 2.21. The van der Waals surface area contributed by atoms with Gasteiger partial charge in [0.1, 0.15) is 5.82 Å². The fourth-order valence-corrected chi connectivity index (χ4v) is 3.55. The fourth-order valence-electron chi connectivity index (χ4n) is 3.42. The summed E-state index contributed by atoms with van der Waals surface area (Å²) in [5, 5.41) is 5.56. The summed E-state index contributed by atoms with van der Waals surface area (Å²) < 4.78 is 0. The topological polar surface area (TPSA) is 40.7 Å². The molecular weight excluding hydrogens is 342 g/mol. The van der Waals surface area contributed by atoms with E-state index in [0.29, 0.717) is 0 Å². The lowest BCUT2D eigenvalue weighted by Gasteiger charge is -2.21. The molecule has 1 atom stereocenters. The number of aromatic nitrogens is 2. The van der Waals surface area contributed by atoms with E-state index in [1.165, 1.54) is 10.9 Å². The van der Waals surface area contributed by atoms with Gasteiger partial charge in [0.25, 0.3) is 0 Å². The SMILES string of the molecule is Cc1cccc(N[C@H](c2ccc(Cl)cc2)c2c(C)[nH]c3ccccc23)n1. The number of fused-ring (bicyclic) bond motifs is 1. The molecule has 4 rings (SSSR count). The van der Waals surface area contributed by atoms with E-state index in [0.717, 1.165) is 33.3 Å². The van der Waals surface area contributed by atoms with E-state index in [1.54, 1.807) is 0 Å². The minimum absolute atomic E-state index is 0.0299. The van der Waals surface area contributed by atoms with Crippen LogP contribution in [0, 0.1) is 13.8 Å². The third-order valence-electron chi connectivity index (χ3n) is 4.62. The Hall–Kier alpha value is -2.78. The molecule has 2 N–H and O–H groups in total. The lowest BCUT2D eigenvalue weighted by Crippen LogP contribution is -2.14. The summed E-state index contributed by atoms with van der Waals surface area (Å²) in [4.78, 5) is 8.13. The average molecular weight is 362 g/mol. The van der Waals surface area contributed by atoms with Gasteiger partial charge in [-0.2, -0.15) is 0 Å². The maximum Gasteiger partial charge on any atom is 0.126 e. The molecular formula is C22H20ClN3. The van der Waals surface area contributed by atoms with Crippen LogP contribution in [0.2, 0.25) is 5.02 Å². The third kappa shape index (κ3) is 3.18. The fraction of sp³-hybridized carbons (Fsp3) is 0.136. The van der Waals surface area contributed by atoms with Crippen LogP contribution in [0.3, 0.4) is 0 Å². The number of pyridine rings is 1. The first-order valence-electron chi connectivity index (χ1n) is 8.64. The predicted molar refractivity (Wildman–Crippen MR) is 109 cm³/mol. The second-order valence-corrected chi connectivity index (χ2v) is 6.94. The molecule has 130 valence electrons. The highest BCUT2D eigenvalue weighted by Crippen LogP contribution is 2.34. The Kier molecular flexibility index (Phi) is 4.39. The van der Waals surface area contributed by atoms with Crippen molar-refractivity contribution in [3.05, 3.63) is 94.3 Å². The maximum atomic E-state index is 6.11. The molecule has 0 saturated heterocycles. The van der Waals surface area contributed by atoms with Gasteiger partial charge in [0, 0.05) is 32.9 Å². The van der Waals surface area contributed by atoms with Gasteiger partial charge < -0.3 is 10.3 Å². The molecule has 26 heavy (non-hydrogen) atoms. The van der Waals surface area contributed by atoms with E-state index in [1.807, 2.05) is 37.3 Å². The van der Waals surface area contributed by atoms with Gasteiger partial charge >= 0.3 is 0 Å². The second kappa shape index (κ2) is 6.85. The zero-order valence-electron chi connectivity index (χ0n) is 14.8. The number of halogens is 1. The number of nitrogens with one attached hydrogen (secondary N) is 2. The van der Waals surface area contributed by atoms with Crippen LogP contribution in [0.25, 0.3) is 10.9 Å². The second-order valence-electron chi connectivity index (χ2n) is 6.50. The Bertz CT molecular complexity index is 1050. The Morgan fingerprint density at radius 3 is 2.46 bits per heavy atom. The molecule has 2 aromatic heterocycles. The minimum atomic E-state index is -0.0299. The van der Waals surface area contributed by atoms with Crippen molar-refractivity contribution in [1.82, 2.24) is 9.97 Å². The van der Waals surface area contributed by atoms with E-state index >= 15 is 0 Å². The van der Waals surface area contributed by atoms with Gasteiger partial charge in [-0.05, 0) is 49.7 Å². The summed E-state index contributed by atoms with van der Waals surface area (Å²) in [5.41, 5.74) is 5.64. The van der Waals surface area contributed by atoms with E-state index in [-0.39, 0.29) is 6.04 Å². The van der Waals surface area contributed by atoms with E-state index in [9.17, 15) is 0 Å². The molecule has 0 bridgehead atoms. The maximum absolute atomic E-state index is 6.11. The summed E-state index contributed by atoms with van der Waals surface area (Å²) in [7, 11) is 0.